The van der Waals surface area contributed by atoms with Crippen LogP contribution < -0.4 is 10.6 Å². The largest absolute Gasteiger partial charge is 0.508 e. The van der Waals surface area contributed by atoms with Crippen molar-refractivity contribution in [3.8, 4) is 5.75 Å². The number of allylic oxidation sites excluding steroid dienone is 1. The molecule has 6 nitrogen and oxygen atoms in total. The summed E-state index contributed by atoms with van der Waals surface area (Å²) in [7, 11) is 0. The monoisotopic (exact) mass is 304 g/mol. The molecule has 0 aliphatic carbocycles. The Balaban J connectivity index is 2.34. The van der Waals surface area contributed by atoms with E-state index in [9.17, 15) is 14.7 Å². The topological polar surface area (TPSA) is 87.7 Å². The molecule has 2 rings (SSSR count). The number of benzene rings is 1. The van der Waals surface area contributed by atoms with E-state index in [2.05, 4.69) is 10.6 Å². The molecule has 0 bridgehead atoms. The summed E-state index contributed by atoms with van der Waals surface area (Å²) in [4.78, 5) is 24.1. The third kappa shape index (κ3) is 3.58. The molecule has 3 N–H and O–H groups in total. The van der Waals surface area contributed by atoms with E-state index >= 15 is 0 Å². The Hall–Kier alpha value is -2.50. The number of esters is 1. The van der Waals surface area contributed by atoms with Gasteiger partial charge in [0, 0.05) is 5.70 Å². The van der Waals surface area contributed by atoms with Crippen molar-refractivity contribution in [1.29, 1.82) is 0 Å². The molecule has 2 amide bonds. The van der Waals surface area contributed by atoms with Gasteiger partial charge in [-0.25, -0.2) is 9.59 Å². The molecule has 0 aromatic heterocycles. The maximum atomic E-state index is 12.4. The molecule has 6 heteroatoms. The van der Waals surface area contributed by atoms with E-state index < -0.39 is 18.0 Å². The second-order valence-electron chi connectivity index (χ2n) is 5.66. The highest BCUT2D eigenvalue weighted by Gasteiger charge is 2.32. The zero-order chi connectivity index (χ0) is 16.3. The molecule has 0 fully saturated rings. The van der Waals surface area contributed by atoms with Crippen LogP contribution in [0.3, 0.4) is 0 Å². The van der Waals surface area contributed by atoms with E-state index in [1.165, 1.54) is 12.1 Å². The van der Waals surface area contributed by atoms with Crippen molar-refractivity contribution in [2.75, 3.05) is 6.61 Å². The number of aromatic hydroxyl groups is 1. The average molecular weight is 304 g/mol. The number of amides is 2. The highest BCUT2D eigenvalue weighted by Crippen LogP contribution is 2.29. The fourth-order valence-corrected chi connectivity index (χ4v) is 2.24. The molecule has 1 aromatic carbocycles. The van der Waals surface area contributed by atoms with Gasteiger partial charge in [-0.05, 0) is 30.5 Å². The lowest BCUT2D eigenvalue weighted by Crippen LogP contribution is -2.45. The second kappa shape index (κ2) is 6.51. The first-order chi connectivity index (χ1) is 10.4. The minimum absolute atomic E-state index is 0.0674. The summed E-state index contributed by atoms with van der Waals surface area (Å²) in [5, 5.41) is 14.9. The molecule has 1 aliphatic rings. The molecule has 1 aromatic rings. The second-order valence-corrected chi connectivity index (χ2v) is 5.66. The van der Waals surface area contributed by atoms with Gasteiger partial charge in [0.25, 0.3) is 0 Å². The third-order valence-electron chi connectivity index (χ3n) is 3.24. The Labute approximate surface area is 129 Å². The predicted molar refractivity (Wildman–Crippen MR) is 81.0 cm³/mol. The van der Waals surface area contributed by atoms with E-state index in [-0.39, 0.29) is 11.7 Å². The normalized spacial score (nSPS) is 18.0. The number of phenols is 1. The molecule has 1 heterocycles. The van der Waals surface area contributed by atoms with Crippen LogP contribution in [0.5, 0.6) is 5.75 Å². The summed E-state index contributed by atoms with van der Waals surface area (Å²) in [5.41, 5.74) is 1.40. The number of hydrogen-bond donors (Lipinski definition) is 3. The fourth-order valence-electron chi connectivity index (χ4n) is 2.24. The Morgan fingerprint density at radius 2 is 2.14 bits per heavy atom. The van der Waals surface area contributed by atoms with Crippen molar-refractivity contribution in [3.05, 3.63) is 41.1 Å². The standard InChI is InChI=1S/C16H20N2O4/c1-9(2)8-22-15(20)13-10(3)17-16(21)18-14(13)11-5-4-6-12(19)7-11/h4-7,9,14,19H,8H2,1-3H3,(H2,17,18,21). The van der Waals surface area contributed by atoms with Crippen molar-refractivity contribution in [1.82, 2.24) is 10.6 Å². The summed E-state index contributed by atoms with van der Waals surface area (Å²) < 4.78 is 5.28. The number of rotatable bonds is 4. The van der Waals surface area contributed by atoms with E-state index in [1.807, 2.05) is 13.8 Å². The smallest absolute Gasteiger partial charge is 0.338 e. The minimum atomic E-state index is -0.652. The van der Waals surface area contributed by atoms with Gasteiger partial charge in [-0.3, -0.25) is 0 Å². The first kappa shape index (κ1) is 15.9. The van der Waals surface area contributed by atoms with Gasteiger partial charge in [0.1, 0.15) is 5.75 Å². The first-order valence-corrected chi connectivity index (χ1v) is 7.12. The summed E-state index contributed by atoms with van der Waals surface area (Å²) in [5.74, 6) is -0.194. The summed E-state index contributed by atoms with van der Waals surface area (Å²) >= 11 is 0. The lowest BCUT2D eigenvalue weighted by atomic mass is 9.95. The van der Waals surface area contributed by atoms with Gasteiger partial charge in [0.2, 0.25) is 0 Å². The summed E-state index contributed by atoms with van der Waals surface area (Å²) in [6.45, 7) is 5.85. The quantitative estimate of drug-likeness (QED) is 0.744. The molecule has 1 atom stereocenters. The molecule has 0 spiro atoms. The van der Waals surface area contributed by atoms with Crippen LogP contribution in [0.2, 0.25) is 0 Å². The number of urea groups is 1. The molecular weight excluding hydrogens is 284 g/mol. The van der Waals surface area contributed by atoms with Crippen LogP contribution in [0.15, 0.2) is 35.5 Å². The summed E-state index contributed by atoms with van der Waals surface area (Å²) in [6.07, 6.45) is 0. The number of carbonyl (C=O) groups excluding carboxylic acids is 2. The Bertz CT molecular complexity index is 622. The molecule has 0 saturated carbocycles. The Morgan fingerprint density at radius 1 is 1.41 bits per heavy atom. The molecule has 118 valence electrons. The number of ether oxygens (including phenoxy) is 1. The maximum absolute atomic E-state index is 12.4. The van der Waals surface area contributed by atoms with Gasteiger partial charge >= 0.3 is 12.0 Å². The van der Waals surface area contributed by atoms with Crippen molar-refractivity contribution < 1.29 is 19.4 Å². The molecule has 1 aliphatic heterocycles. The fraction of sp³-hybridized carbons (Fsp3) is 0.375. The van der Waals surface area contributed by atoms with Gasteiger partial charge in [-0.15, -0.1) is 0 Å². The van der Waals surface area contributed by atoms with Crippen LogP contribution >= 0.6 is 0 Å². The van der Waals surface area contributed by atoms with Gasteiger partial charge in [0.15, 0.2) is 0 Å². The molecule has 0 saturated heterocycles. The summed E-state index contributed by atoms with van der Waals surface area (Å²) in [6, 6.07) is 5.38. The maximum Gasteiger partial charge on any atom is 0.338 e. The van der Waals surface area contributed by atoms with Crippen LogP contribution in [-0.4, -0.2) is 23.7 Å². The molecular formula is C16H20N2O4. The number of nitrogens with one attached hydrogen (secondary N) is 2. The van der Waals surface area contributed by atoms with Crippen molar-refractivity contribution in [3.63, 3.8) is 0 Å². The van der Waals surface area contributed by atoms with Crippen LogP contribution in [0.1, 0.15) is 32.4 Å². The zero-order valence-corrected chi connectivity index (χ0v) is 12.8. The zero-order valence-electron chi connectivity index (χ0n) is 12.8. The van der Waals surface area contributed by atoms with Crippen LogP contribution in [0, 0.1) is 5.92 Å². The van der Waals surface area contributed by atoms with Crippen LogP contribution in [0.25, 0.3) is 0 Å². The van der Waals surface area contributed by atoms with Crippen molar-refractivity contribution in [2.24, 2.45) is 5.92 Å². The molecule has 22 heavy (non-hydrogen) atoms. The van der Waals surface area contributed by atoms with Gasteiger partial charge in [0.05, 0.1) is 18.2 Å². The minimum Gasteiger partial charge on any atom is -0.508 e. The lowest BCUT2D eigenvalue weighted by Gasteiger charge is -2.28. The third-order valence-corrected chi connectivity index (χ3v) is 3.24. The van der Waals surface area contributed by atoms with E-state index in [0.29, 0.717) is 23.4 Å². The first-order valence-electron chi connectivity index (χ1n) is 7.12. The van der Waals surface area contributed by atoms with Gasteiger partial charge in [-0.1, -0.05) is 26.0 Å². The van der Waals surface area contributed by atoms with E-state index in [1.54, 1.807) is 19.1 Å². The van der Waals surface area contributed by atoms with Gasteiger partial charge in [-0.2, -0.15) is 0 Å². The van der Waals surface area contributed by atoms with Gasteiger partial charge < -0.3 is 20.5 Å². The van der Waals surface area contributed by atoms with Crippen LogP contribution in [-0.2, 0) is 9.53 Å². The van der Waals surface area contributed by atoms with Crippen LogP contribution in [0.4, 0.5) is 4.79 Å². The molecule has 1 unspecified atom stereocenters. The Morgan fingerprint density at radius 3 is 2.77 bits per heavy atom. The highest BCUT2D eigenvalue weighted by molar-refractivity contribution is 5.95. The molecule has 0 radical (unpaired) electrons. The SMILES string of the molecule is CC1=C(C(=O)OCC(C)C)C(c2cccc(O)c2)NC(=O)N1. The van der Waals surface area contributed by atoms with E-state index in [0.717, 1.165) is 0 Å². The van der Waals surface area contributed by atoms with E-state index in [4.69, 9.17) is 4.74 Å². The lowest BCUT2D eigenvalue weighted by molar-refractivity contribution is -0.140. The average Bonchev–Trinajstić information content (AvgIpc) is 2.44. The van der Waals surface area contributed by atoms with Crippen molar-refractivity contribution in [2.45, 2.75) is 26.8 Å². The number of hydrogen-bond acceptors (Lipinski definition) is 4. The predicted octanol–water partition coefficient (Wildman–Crippen LogP) is 2.22. The number of carbonyl (C=O) groups is 2. The Kier molecular flexibility index (Phi) is 4.70. The number of phenolic OH excluding ortho intramolecular Hbond substituents is 1. The highest BCUT2D eigenvalue weighted by atomic mass is 16.5. The van der Waals surface area contributed by atoms with Crippen molar-refractivity contribution >= 4 is 12.0 Å².